The van der Waals surface area contributed by atoms with Gasteiger partial charge in [0.1, 0.15) is 3.70 Å². The van der Waals surface area contributed by atoms with Crippen molar-refractivity contribution in [1.82, 2.24) is 4.98 Å². The fourth-order valence-electron chi connectivity index (χ4n) is 0.905. The predicted octanol–water partition coefficient (Wildman–Crippen LogP) is 2.31. The second kappa shape index (κ2) is 4.81. The molecule has 1 aromatic rings. The second-order valence-electron chi connectivity index (χ2n) is 2.60. The van der Waals surface area contributed by atoms with E-state index < -0.39 is 28.4 Å². The first-order chi connectivity index (χ1) is 7.74. The van der Waals surface area contributed by atoms with Crippen LogP contribution >= 0.6 is 22.6 Å². The third-order valence-electron chi connectivity index (χ3n) is 1.49. The Kier molecular flexibility index (Phi) is 3.85. The van der Waals surface area contributed by atoms with Crippen LogP contribution in [0, 0.1) is 13.8 Å². The summed E-state index contributed by atoms with van der Waals surface area (Å²) in [6.45, 7) is 0. The third kappa shape index (κ3) is 3.51. The minimum absolute atomic E-state index is 0.0810. The van der Waals surface area contributed by atoms with E-state index in [-0.39, 0.29) is 9.99 Å². The minimum atomic E-state index is -4.99. The summed E-state index contributed by atoms with van der Waals surface area (Å²) in [6.07, 6.45) is -4.91. The molecule has 0 unspecified atom stereocenters. The molecule has 17 heavy (non-hydrogen) atoms. The van der Waals surface area contributed by atoms with Gasteiger partial charge in [-0.3, -0.25) is 14.9 Å². The van der Waals surface area contributed by atoms with E-state index in [2.05, 4.69) is 9.72 Å². The van der Waals surface area contributed by atoms with Crippen molar-refractivity contribution in [2.75, 3.05) is 0 Å². The van der Waals surface area contributed by atoms with E-state index >= 15 is 0 Å². The summed E-state index contributed by atoms with van der Waals surface area (Å²) < 4.78 is 39.1. The summed E-state index contributed by atoms with van der Waals surface area (Å²) in [7, 11) is 0. The van der Waals surface area contributed by atoms with Crippen molar-refractivity contribution in [2.45, 2.75) is 6.36 Å². The molecule has 0 spiro atoms. The molecule has 0 N–H and O–H groups in total. The van der Waals surface area contributed by atoms with Crippen LogP contribution in [0.3, 0.4) is 0 Å². The van der Waals surface area contributed by atoms with E-state index in [1.807, 2.05) is 0 Å². The summed E-state index contributed by atoms with van der Waals surface area (Å²) >= 11 is 1.37. The van der Waals surface area contributed by atoms with E-state index in [4.69, 9.17) is 0 Å². The number of nitro groups is 1. The molecule has 10 heteroatoms. The number of nitrogens with zero attached hydrogens (tertiary/aromatic N) is 2. The van der Waals surface area contributed by atoms with Gasteiger partial charge in [0.25, 0.3) is 0 Å². The Hall–Kier alpha value is -1.46. The maximum absolute atomic E-state index is 11.9. The molecule has 0 fully saturated rings. The maximum atomic E-state index is 11.9. The normalized spacial score (nSPS) is 11.1. The van der Waals surface area contributed by atoms with Gasteiger partial charge in [-0.05, 0) is 22.6 Å². The Balaban J connectivity index is 3.29. The Morgan fingerprint density at radius 3 is 2.53 bits per heavy atom. The van der Waals surface area contributed by atoms with Crippen LogP contribution in [-0.4, -0.2) is 22.6 Å². The number of carbonyl (C=O) groups is 1. The fraction of sp³-hybridized carbons (Fsp3) is 0.143. The van der Waals surface area contributed by atoms with E-state index in [1.54, 1.807) is 0 Å². The minimum Gasteiger partial charge on any atom is -0.403 e. The van der Waals surface area contributed by atoms with E-state index in [1.165, 1.54) is 22.6 Å². The van der Waals surface area contributed by atoms with Crippen LogP contribution in [-0.2, 0) is 0 Å². The zero-order valence-electron chi connectivity index (χ0n) is 7.69. The highest BCUT2D eigenvalue weighted by Gasteiger charge is 2.33. The average Bonchev–Trinajstić information content (AvgIpc) is 2.18. The number of halogens is 4. The number of ether oxygens (including phenoxy) is 1. The van der Waals surface area contributed by atoms with Crippen LogP contribution in [0.5, 0.6) is 5.75 Å². The zero-order chi connectivity index (χ0) is 13.2. The molecule has 92 valence electrons. The first-order valence-electron chi connectivity index (χ1n) is 3.80. The van der Waals surface area contributed by atoms with Gasteiger partial charge in [0.15, 0.2) is 17.7 Å². The Morgan fingerprint density at radius 1 is 1.53 bits per heavy atom. The number of rotatable bonds is 3. The third-order valence-corrected chi connectivity index (χ3v) is 2.26. The highest BCUT2D eigenvalue weighted by molar-refractivity contribution is 14.1. The Labute approximate surface area is 105 Å². The van der Waals surface area contributed by atoms with Crippen molar-refractivity contribution in [3.05, 3.63) is 25.6 Å². The smallest absolute Gasteiger partial charge is 0.403 e. The number of hydrogen-bond donors (Lipinski definition) is 0. The standard InChI is InChI=1S/C7H2F3IN2O4/c8-7(9,10)17-5-1-4(13(15)16)3(2-14)12-6(5)11/h1-2H. The molecule has 0 aliphatic rings. The van der Waals surface area contributed by atoms with Gasteiger partial charge in [-0.15, -0.1) is 13.2 Å². The SMILES string of the molecule is O=Cc1nc(I)c(OC(F)(F)F)cc1[N+](=O)[O-]. The van der Waals surface area contributed by atoms with Crippen LogP contribution in [0.15, 0.2) is 6.07 Å². The molecule has 0 saturated carbocycles. The van der Waals surface area contributed by atoms with Crippen molar-refractivity contribution >= 4 is 34.6 Å². The van der Waals surface area contributed by atoms with Crippen molar-refractivity contribution in [1.29, 1.82) is 0 Å². The molecule has 1 heterocycles. The van der Waals surface area contributed by atoms with Crippen LogP contribution in [0.2, 0.25) is 0 Å². The highest BCUT2D eigenvalue weighted by Crippen LogP contribution is 2.30. The summed E-state index contributed by atoms with van der Waals surface area (Å²) in [4.78, 5) is 23.3. The molecule has 0 aliphatic carbocycles. The van der Waals surface area contributed by atoms with E-state index in [9.17, 15) is 28.1 Å². The lowest BCUT2D eigenvalue weighted by atomic mass is 10.3. The predicted molar refractivity (Wildman–Crippen MR) is 55.7 cm³/mol. The molecule has 0 radical (unpaired) electrons. The Morgan fingerprint density at radius 2 is 2.12 bits per heavy atom. The van der Waals surface area contributed by atoms with Gasteiger partial charge in [0, 0.05) is 0 Å². The average molecular weight is 362 g/mol. The topological polar surface area (TPSA) is 82.3 Å². The number of aromatic nitrogens is 1. The fourth-order valence-corrected chi connectivity index (χ4v) is 1.43. The summed E-state index contributed by atoms with van der Waals surface area (Å²) in [6, 6.07) is 0.506. The lowest BCUT2D eigenvalue weighted by Gasteiger charge is -2.09. The number of alkyl halides is 3. The van der Waals surface area contributed by atoms with Crippen molar-refractivity contribution < 1.29 is 27.6 Å². The van der Waals surface area contributed by atoms with Crippen LogP contribution in [0.1, 0.15) is 10.5 Å². The molecule has 0 amide bonds. The monoisotopic (exact) mass is 362 g/mol. The van der Waals surface area contributed by atoms with Crippen molar-refractivity contribution in [3.63, 3.8) is 0 Å². The molecule has 0 bridgehead atoms. The van der Waals surface area contributed by atoms with Crippen molar-refractivity contribution in [2.24, 2.45) is 0 Å². The number of pyridine rings is 1. The molecule has 0 saturated heterocycles. The van der Waals surface area contributed by atoms with Gasteiger partial charge in [-0.25, -0.2) is 4.98 Å². The van der Waals surface area contributed by atoms with Gasteiger partial charge >= 0.3 is 12.0 Å². The summed E-state index contributed by atoms with van der Waals surface area (Å²) in [5, 5.41) is 10.5. The van der Waals surface area contributed by atoms with Gasteiger partial charge in [0.05, 0.1) is 11.0 Å². The molecule has 0 atom stereocenters. The first kappa shape index (κ1) is 13.6. The summed E-state index contributed by atoms with van der Waals surface area (Å²) in [5.74, 6) is -0.824. The van der Waals surface area contributed by atoms with Gasteiger partial charge in [-0.1, -0.05) is 0 Å². The molecule has 0 aliphatic heterocycles. The van der Waals surface area contributed by atoms with Crippen molar-refractivity contribution in [3.8, 4) is 5.75 Å². The lowest BCUT2D eigenvalue weighted by Crippen LogP contribution is -2.18. The molecule has 1 aromatic heterocycles. The highest BCUT2D eigenvalue weighted by atomic mass is 127. The molecule has 1 rings (SSSR count). The van der Waals surface area contributed by atoms with Gasteiger partial charge < -0.3 is 4.74 Å². The molecular formula is C7H2F3IN2O4. The molecular weight excluding hydrogens is 360 g/mol. The van der Waals surface area contributed by atoms with Crippen LogP contribution in [0.4, 0.5) is 18.9 Å². The second-order valence-corrected chi connectivity index (χ2v) is 3.63. The number of carbonyl (C=O) groups excluding carboxylic acids is 1. The van der Waals surface area contributed by atoms with Gasteiger partial charge in [-0.2, -0.15) is 0 Å². The van der Waals surface area contributed by atoms with E-state index in [0.29, 0.717) is 6.07 Å². The first-order valence-corrected chi connectivity index (χ1v) is 4.88. The summed E-state index contributed by atoms with van der Waals surface area (Å²) in [5.41, 5.74) is -1.41. The zero-order valence-corrected chi connectivity index (χ0v) is 9.85. The van der Waals surface area contributed by atoms with Crippen LogP contribution in [0.25, 0.3) is 0 Å². The molecule has 6 nitrogen and oxygen atoms in total. The maximum Gasteiger partial charge on any atom is 0.573 e. The Bertz CT molecular complexity index is 477. The lowest BCUT2D eigenvalue weighted by molar-refractivity contribution is -0.385. The molecule has 0 aromatic carbocycles. The number of hydrogen-bond acceptors (Lipinski definition) is 5. The van der Waals surface area contributed by atoms with E-state index in [0.717, 1.165) is 0 Å². The largest absolute Gasteiger partial charge is 0.573 e. The quantitative estimate of drug-likeness (QED) is 0.271. The van der Waals surface area contributed by atoms with Crippen LogP contribution < -0.4 is 4.74 Å². The van der Waals surface area contributed by atoms with Gasteiger partial charge in [0.2, 0.25) is 0 Å². The number of aldehydes is 1.